The van der Waals surface area contributed by atoms with Crippen molar-refractivity contribution in [3.8, 4) is 0 Å². The summed E-state index contributed by atoms with van der Waals surface area (Å²) in [5, 5.41) is 4.85. The zero-order valence-corrected chi connectivity index (χ0v) is 11.5. The normalized spacial score (nSPS) is 13.1. The van der Waals surface area contributed by atoms with Crippen LogP contribution in [-0.2, 0) is 0 Å². The van der Waals surface area contributed by atoms with E-state index in [2.05, 4.69) is 55.3 Å². The number of hydrogen-bond donors (Lipinski definition) is 1. The highest BCUT2D eigenvalue weighted by molar-refractivity contribution is 5.79. The highest BCUT2D eigenvalue weighted by Gasteiger charge is 2.14. The van der Waals surface area contributed by atoms with E-state index in [0.717, 1.165) is 12.1 Å². The average Bonchev–Trinajstić information content (AvgIpc) is 2.38. The number of aromatic nitrogens is 1. The Morgan fingerprint density at radius 3 is 2.78 bits per heavy atom. The van der Waals surface area contributed by atoms with Gasteiger partial charge < -0.3 is 5.32 Å². The summed E-state index contributed by atoms with van der Waals surface area (Å²) in [6.07, 6.45) is 3.01. The Morgan fingerprint density at radius 2 is 2.06 bits per heavy atom. The summed E-state index contributed by atoms with van der Waals surface area (Å²) in [6, 6.07) is 11.1. The number of nitrogens with one attached hydrogen (secondary N) is 1. The van der Waals surface area contributed by atoms with Crippen LogP contribution in [0.1, 0.15) is 38.8 Å². The van der Waals surface area contributed by atoms with E-state index in [4.69, 9.17) is 0 Å². The number of fused-ring (bicyclic) bond motifs is 1. The zero-order chi connectivity index (χ0) is 13.0. The quantitative estimate of drug-likeness (QED) is 0.859. The minimum atomic E-state index is 0.426. The third kappa shape index (κ3) is 2.88. The molecule has 0 fully saturated rings. The molecule has 0 radical (unpaired) electrons. The number of nitrogens with zero attached hydrogens (tertiary/aromatic N) is 1. The van der Waals surface area contributed by atoms with Crippen LogP contribution in [0.3, 0.4) is 0 Å². The Kier molecular flexibility index (Phi) is 4.32. The van der Waals surface area contributed by atoms with Crippen molar-refractivity contribution in [3.05, 3.63) is 42.1 Å². The minimum absolute atomic E-state index is 0.426. The van der Waals surface area contributed by atoms with Crippen LogP contribution in [0.5, 0.6) is 0 Å². The molecule has 1 N–H and O–H groups in total. The van der Waals surface area contributed by atoms with Crippen LogP contribution in [0.4, 0.5) is 0 Å². The number of rotatable bonds is 5. The molecule has 1 aromatic heterocycles. The molecule has 2 nitrogen and oxygen atoms in total. The van der Waals surface area contributed by atoms with Crippen molar-refractivity contribution in [2.24, 2.45) is 5.92 Å². The largest absolute Gasteiger partial charge is 0.310 e. The Bertz CT molecular complexity index is 505. The van der Waals surface area contributed by atoms with Crippen LogP contribution in [0.25, 0.3) is 10.9 Å². The van der Waals surface area contributed by atoms with Gasteiger partial charge in [0.25, 0.3) is 0 Å². The SMILES string of the molecule is CCCNC(c1ccc2ncccc2c1)C(C)C. The van der Waals surface area contributed by atoms with Crippen LogP contribution in [0.2, 0.25) is 0 Å². The molecule has 18 heavy (non-hydrogen) atoms. The topological polar surface area (TPSA) is 24.9 Å². The molecule has 2 heteroatoms. The molecular formula is C16H22N2. The summed E-state index contributed by atoms with van der Waals surface area (Å²) in [4.78, 5) is 4.37. The van der Waals surface area contributed by atoms with E-state index in [0.29, 0.717) is 12.0 Å². The first kappa shape index (κ1) is 13.0. The lowest BCUT2D eigenvalue weighted by Gasteiger charge is -2.23. The molecule has 96 valence electrons. The van der Waals surface area contributed by atoms with E-state index < -0.39 is 0 Å². The number of benzene rings is 1. The molecule has 0 spiro atoms. The van der Waals surface area contributed by atoms with Crippen LogP contribution in [-0.4, -0.2) is 11.5 Å². The van der Waals surface area contributed by atoms with Gasteiger partial charge in [-0.2, -0.15) is 0 Å². The second-order valence-electron chi connectivity index (χ2n) is 5.13. The molecule has 1 atom stereocenters. The molecule has 0 saturated heterocycles. The molecule has 0 amide bonds. The van der Waals surface area contributed by atoms with Gasteiger partial charge in [-0.15, -0.1) is 0 Å². The first-order valence-corrected chi connectivity index (χ1v) is 6.80. The average molecular weight is 242 g/mol. The highest BCUT2D eigenvalue weighted by Crippen LogP contribution is 2.24. The Balaban J connectivity index is 2.32. The van der Waals surface area contributed by atoms with Gasteiger partial charge in [0.2, 0.25) is 0 Å². The van der Waals surface area contributed by atoms with E-state index in [1.54, 1.807) is 0 Å². The van der Waals surface area contributed by atoms with Crippen molar-refractivity contribution in [2.75, 3.05) is 6.54 Å². The van der Waals surface area contributed by atoms with Gasteiger partial charge in [-0.25, -0.2) is 0 Å². The molecule has 1 unspecified atom stereocenters. The van der Waals surface area contributed by atoms with Gasteiger partial charge in [-0.1, -0.05) is 32.9 Å². The smallest absolute Gasteiger partial charge is 0.0702 e. The lowest BCUT2D eigenvalue weighted by Crippen LogP contribution is -2.26. The molecule has 2 rings (SSSR count). The number of hydrogen-bond acceptors (Lipinski definition) is 2. The van der Waals surface area contributed by atoms with E-state index >= 15 is 0 Å². The van der Waals surface area contributed by atoms with Gasteiger partial charge >= 0.3 is 0 Å². The monoisotopic (exact) mass is 242 g/mol. The summed E-state index contributed by atoms with van der Waals surface area (Å²) in [7, 11) is 0. The van der Waals surface area contributed by atoms with Crippen molar-refractivity contribution < 1.29 is 0 Å². The fourth-order valence-electron chi connectivity index (χ4n) is 2.33. The molecule has 1 heterocycles. The summed E-state index contributed by atoms with van der Waals surface area (Å²) in [6.45, 7) is 7.80. The second-order valence-corrected chi connectivity index (χ2v) is 5.13. The van der Waals surface area contributed by atoms with E-state index in [1.807, 2.05) is 12.3 Å². The Hall–Kier alpha value is -1.41. The fraction of sp³-hybridized carbons (Fsp3) is 0.438. The van der Waals surface area contributed by atoms with Crippen molar-refractivity contribution in [1.82, 2.24) is 10.3 Å². The highest BCUT2D eigenvalue weighted by atomic mass is 14.9. The van der Waals surface area contributed by atoms with E-state index in [-0.39, 0.29) is 0 Å². The third-order valence-corrected chi connectivity index (χ3v) is 3.27. The summed E-state index contributed by atoms with van der Waals surface area (Å²) < 4.78 is 0. The molecule has 0 aliphatic heterocycles. The fourth-order valence-corrected chi connectivity index (χ4v) is 2.33. The van der Waals surface area contributed by atoms with Crippen molar-refractivity contribution in [2.45, 2.75) is 33.2 Å². The second kappa shape index (κ2) is 5.96. The standard InChI is InChI=1S/C16H22N2/c1-4-9-18-16(12(2)3)14-7-8-15-13(11-14)6-5-10-17-15/h5-8,10-12,16,18H,4,9H2,1-3H3. The van der Waals surface area contributed by atoms with Crippen molar-refractivity contribution in [3.63, 3.8) is 0 Å². The lowest BCUT2D eigenvalue weighted by atomic mass is 9.95. The molecule has 2 aromatic rings. The third-order valence-electron chi connectivity index (χ3n) is 3.27. The molecule has 1 aromatic carbocycles. The maximum atomic E-state index is 4.37. The van der Waals surface area contributed by atoms with Gasteiger partial charge in [0, 0.05) is 17.6 Å². The molecule has 0 aliphatic rings. The van der Waals surface area contributed by atoms with Crippen molar-refractivity contribution >= 4 is 10.9 Å². The lowest BCUT2D eigenvalue weighted by molar-refractivity contribution is 0.413. The molecule has 0 saturated carbocycles. The first-order valence-electron chi connectivity index (χ1n) is 6.80. The van der Waals surface area contributed by atoms with Crippen molar-refractivity contribution in [1.29, 1.82) is 0 Å². The van der Waals surface area contributed by atoms with E-state index in [1.165, 1.54) is 17.4 Å². The number of pyridine rings is 1. The first-order chi connectivity index (χ1) is 8.72. The van der Waals surface area contributed by atoms with E-state index in [9.17, 15) is 0 Å². The Morgan fingerprint density at radius 1 is 1.22 bits per heavy atom. The summed E-state index contributed by atoms with van der Waals surface area (Å²) in [5.41, 5.74) is 2.43. The predicted octanol–water partition coefficient (Wildman–Crippen LogP) is 3.93. The van der Waals surface area contributed by atoms with Crippen LogP contribution in [0, 0.1) is 5.92 Å². The van der Waals surface area contributed by atoms with Gasteiger partial charge in [0.05, 0.1) is 5.52 Å². The maximum absolute atomic E-state index is 4.37. The predicted molar refractivity (Wildman–Crippen MR) is 77.6 cm³/mol. The van der Waals surface area contributed by atoms with Crippen LogP contribution in [0.15, 0.2) is 36.5 Å². The van der Waals surface area contributed by atoms with Gasteiger partial charge in [-0.05, 0) is 42.6 Å². The van der Waals surface area contributed by atoms with Gasteiger partial charge in [0.1, 0.15) is 0 Å². The molecular weight excluding hydrogens is 220 g/mol. The van der Waals surface area contributed by atoms with Crippen LogP contribution < -0.4 is 5.32 Å². The van der Waals surface area contributed by atoms with Gasteiger partial charge in [-0.3, -0.25) is 4.98 Å². The minimum Gasteiger partial charge on any atom is -0.310 e. The molecule has 0 aliphatic carbocycles. The summed E-state index contributed by atoms with van der Waals surface area (Å²) in [5.74, 6) is 0.589. The maximum Gasteiger partial charge on any atom is 0.0702 e. The molecule has 0 bridgehead atoms. The van der Waals surface area contributed by atoms with Gasteiger partial charge in [0.15, 0.2) is 0 Å². The van der Waals surface area contributed by atoms with Crippen LogP contribution >= 0.6 is 0 Å². The summed E-state index contributed by atoms with van der Waals surface area (Å²) >= 11 is 0. The Labute approximate surface area is 109 Å². The zero-order valence-electron chi connectivity index (χ0n) is 11.5.